The van der Waals surface area contributed by atoms with Gasteiger partial charge in [0.2, 0.25) is 0 Å². The fraction of sp³-hybridized carbons (Fsp3) is 0.632. The molecule has 1 N–H and O–H groups in total. The molecule has 1 aromatic rings. The number of carbonyl (C=O) groups is 1. The number of nitrogens with one attached hydrogen (secondary N) is 1. The monoisotopic (exact) mass is 316 g/mol. The molecule has 2 aliphatic rings. The Morgan fingerprint density at radius 3 is 2.65 bits per heavy atom. The van der Waals surface area contributed by atoms with Gasteiger partial charge in [-0.3, -0.25) is 4.90 Å². The number of amides is 1. The second-order valence-electron chi connectivity index (χ2n) is 7.67. The van der Waals surface area contributed by atoms with E-state index < -0.39 is 5.60 Å². The Balaban J connectivity index is 1.89. The Labute approximate surface area is 139 Å². The lowest BCUT2D eigenvalue weighted by Gasteiger charge is -2.33. The zero-order valence-electron chi connectivity index (χ0n) is 14.4. The van der Waals surface area contributed by atoms with Crippen LogP contribution in [0.1, 0.15) is 58.1 Å². The SMILES string of the molecule is CC(C)(C)OC(=O)N1[C@@H](c2ccccc2)C[C@H]2NCCCC[C@H]21. The van der Waals surface area contributed by atoms with E-state index in [0.717, 1.165) is 25.8 Å². The molecule has 0 radical (unpaired) electrons. The van der Waals surface area contributed by atoms with Gasteiger partial charge >= 0.3 is 6.09 Å². The van der Waals surface area contributed by atoms with E-state index in [-0.39, 0.29) is 18.2 Å². The van der Waals surface area contributed by atoms with Gasteiger partial charge in [0.25, 0.3) is 0 Å². The molecule has 0 unspecified atom stereocenters. The van der Waals surface area contributed by atoms with Gasteiger partial charge in [-0.2, -0.15) is 0 Å². The van der Waals surface area contributed by atoms with Crippen molar-refractivity contribution in [1.29, 1.82) is 0 Å². The third-order valence-corrected chi connectivity index (χ3v) is 4.76. The first-order valence-corrected chi connectivity index (χ1v) is 8.75. The van der Waals surface area contributed by atoms with Crippen LogP contribution >= 0.6 is 0 Å². The number of nitrogens with zero attached hydrogens (tertiary/aromatic N) is 1. The van der Waals surface area contributed by atoms with Crippen molar-refractivity contribution >= 4 is 6.09 Å². The standard InChI is InChI=1S/C19H28N2O2/c1-19(2,3)23-18(22)21-16-11-7-8-12-20-15(16)13-17(21)14-9-5-4-6-10-14/h4-6,9-10,15-17,20H,7-8,11-13H2,1-3H3/t15-,16-,17-/m1/s1. The average Bonchev–Trinajstić information content (AvgIpc) is 2.70. The fourth-order valence-corrected chi connectivity index (χ4v) is 3.81. The summed E-state index contributed by atoms with van der Waals surface area (Å²) in [6, 6.07) is 11.1. The highest BCUT2D eigenvalue weighted by Crippen LogP contribution is 2.40. The van der Waals surface area contributed by atoms with Gasteiger partial charge in [0.05, 0.1) is 12.1 Å². The van der Waals surface area contributed by atoms with Crippen LogP contribution in [0.3, 0.4) is 0 Å². The number of hydrogen-bond acceptors (Lipinski definition) is 3. The lowest BCUT2D eigenvalue weighted by atomic mass is 10.0. The van der Waals surface area contributed by atoms with Crippen molar-refractivity contribution in [1.82, 2.24) is 10.2 Å². The van der Waals surface area contributed by atoms with Gasteiger partial charge in [-0.25, -0.2) is 4.79 Å². The quantitative estimate of drug-likeness (QED) is 0.855. The molecule has 1 amide bonds. The highest BCUT2D eigenvalue weighted by Gasteiger charge is 2.45. The molecule has 0 saturated carbocycles. The molecule has 1 aromatic carbocycles. The van der Waals surface area contributed by atoms with Crippen LogP contribution in [0.15, 0.2) is 30.3 Å². The molecule has 2 aliphatic heterocycles. The number of benzene rings is 1. The Kier molecular flexibility index (Phi) is 4.62. The molecule has 0 aromatic heterocycles. The molecule has 126 valence electrons. The summed E-state index contributed by atoms with van der Waals surface area (Å²) < 4.78 is 5.72. The summed E-state index contributed by atoms with van der Waals surface area (Å²) in [7, 11) is 0. The van der Waals surface area contributed by atoms with Gasteiger partial charge in [0.1, 0.15) is 5.60 Å². The molecule has 23 heavy (non-hydrogen) atoms. The van der Waals surface area contributed by atoms with E-state index in [1.165, 1.54) is 12.0 Å². The lowest BCUT2D eigenvalue weighted by Crippen LogP contribution is -2.46. The molecule has 0 spiro atoms. The smallest absolute Gasteiger partial charge is 0.411 e. The van der Waals surface area contributed by atoms with Crippen molar-refractivity contribution in [2.75, 3.05) is 6.54 Å². The van der Waals surface area contributed by atoms with Gasteiger partial charge in [0.15, 0.2) is 0 Å². The molecule has 4 heteroatoms. The summed E-state index contributed by atoms with van der Waals surface area (Å²) in [6.45, 7) is 6.84. The maximum absolute atomic E-state index is 12.9. The minimum absolute atomic E-state index is 0.103. The number of fused-ring (bicyclic) bond motifs is 1. The Bertz CT molecular complexity index is 538. The van der Waals surface area contributed by atoms with E-state index in [1.54, 1.807) is 0 Å². The molecule has 2 saturated heterocycles. The van der Waals surface area contributed by atoms with E-state index in [2.05, 4.69) is 17.4 Å². The largest absolute Gasteiger partial charge is 0.444 e. The summed E-state index contributed by atoms with van der Waals surface area (Å²) in [5.74, 6) is 0. The Morgan fingerprint density at radius 2 is 1.96 bits per heavy atom. The van der Waals surface area contributed by atoms with Crippen LogP contribution in [0.25, 0.3) is 0 Å². The molecule has 2 fully saturated rings. The van der Waals surface area contributed by atoms with Gasteiger partial charge in [0, 0.05) is 6.04 Å². The maximum Gasteiger partial charge on any atom is 0.411 e. The molecule has 3 atom stereocenters. The molecule has 4 nitrogen and oxygen atoms in total. The minimum Gasteiger partial charge on any atom is -0.444 e. The number of ether oxygens (including phenoxy) is 1. The highest BCUT2D eigenvalue weighted by molar-refractivity contribution is 5.70. The summed E-state index contributed by atoms with van der Waals surface area (Å²) in [5.41, 5.74) is 0.738. The normalized spacial score (nSPS) is 28.1. The van der Waals surface area contributed by atoms with E-state index in [0.29, 0.717) is 6.04 Å². The van der Waals surface area contributed by atoms with Crippen LogP contribution in [-0.2, 0) is 4.74 Å². The van der Waals surface area contributed by atoms with Crippen LogP contribution < -0.4 is 5.32 Å². The van der Waals surface area contributed by atoms with Gasteiger partial charge < -0.3 is 10.1 Å². The number of likely N-dealkylation sites (tertiary alicyclic amines) is 1. The Morgan fingerprint density at radius 1 is 1.22 bits per heavy atom. The molecular weight excluding hydrogens is 288 g/mol. The van der Waals surface area contributed by atoms with Crippen molar-refractivity contribution in [3.8, 4) is 0 Å². The van der Waals surface area contributed by atoms with Gasteiger partial charge in [-0.05, 0) is 52.1 Å². The Hall–Kier alpha value is -1.55. The number of carbonyl (C=O) groups excluding carboxylic acids is 1. The minimum atomic E-state index is -0.464. The van der Waals surface area contributed by atoms with E-state index in [9.17, 15) is 4.79 Å². The first-order valence-electron chi connectivity index (χ1n) is 8.75. The van der Waals surface area contributed by atoms with E-state index in [1.807, 2.05) is 43.9 Å². The summed E-state index contributed by atoms with van der Waals surface area (Å²) >= 11 is 0. The molecule has 3 rings (SSSR count). The molecule has 0 bridgehead atoms. The zero-order valence-corrected chi connectivity index (χ0v) is 14.4. The van der Waals surface area contributed by atoms with Gasteiger partial charge in [-0.1, -0.05) is 36.8 Å². The van der Waals surface area contributed by atoms with Crippen molar-refractivity contribution in [3.63, 3.8) is 0 Å². The first-order chi connectivity index (χ1) is 11.0. The molecule has 2 heterocycles. The third-order valence-electron chi connectivity index (χ3n) is 4.76. The van der Waals surface area contributed by atoms with E-state index in [4.69, 9.17) is 4.74 Å². The van der Waals surface area contributed by atoms with Crippen molar-refractivity contribution in [2.24, 2.45) is 0 Å². The zero-order chi connectivity index (χ0) is 16.4. The van der Waals surface area contributed by atoms with Crippen LogP contribution in [0.4, 0.5) is 4.79 Å². The van der Waals surface area contributed by atoms with Crippen LogP contribution in [0.5, 0.6) is 0 Å². The van der Waals surface area contributed by atoms with E-state index >= 15 is 0 Å². The predicted molar refractivity (Wildman–Crippen MR) is 91.3 cm³/mol. The van der Waals surface area contributed by atoms with Gasteiger partial charge in [-0.15, -0.1) is 0 Å². The number of hydrogen-bond donors (Lipinski definition) is 1. The first kappa shape index (κ1) is 16.3. The fourth-order valence-electron chi connectivity index (χ4n) is 3.81. The van der Waals surface area contributed by atoms with Crippen LogP contribution in [0, 0.1) is 0 Å². The average molecular weight is 316 g/mol. The summed E-state index contributed by atoms with van der Waals surface area (Å²) in [4.78, 5) is 14.9. The number of rotatable bonds is 1. The lowest BCUT2D eigenvalue weighted by molar-refractivity contribution is 0.0129. The second kappa shape index (κ2) is 6.52. The summed E-state index contributed by atoms with van der Waals surface area (Å²) in [5, 5.41) is 3.64. The predicted octanol–water partition coefficient (Wildman–Crippen LogP) is 3.88. The van der Waals surface area contributed by atoms with Crippen molar-refractivity contribution in [3.05, 3.63) is 35.9 Å². The van der Waals surface area contributed by atoms with Crippen molar-refractivity contribution < 1.29 is 9.53 Å². The highest BCUT2D eigenvalue weighted by atomic mass is 16.6. The summed E-state index contributed by atoms with van der Waals surface area (Å²) in [6.07, 6.45) is 4.19. The molecule has 0 aliphatic carbocycles. The van der Waals surface area contributed by atoms with Crippen molar-refractivity contribution in [2.45, 2.75) is 70.2 Å². The maximum atomic E-state index is 12.9. The third kappa shape index (κ3) is 3.69. The van der Waals surface area contributed by atoms with Crippen LogP contribution in [0.2, 0.25) is 0 Å². The second-order valence-corrected chi connectivity index (χ2v) is 7.67. The topological polar surface area (TPSA) is 41.6 Å². The molecular formula is C19H28N2O2. The van der Waals surface area contributed by atoms with Crippen LogP contribution in [-0.4, -0.2) is 35.2 Å².